The van der Waals surface area contributed by atoms with Crippen molar-refractivity contribution in [3.63, 3.8) is 0 Å². The van der Waals surface area contributed by atoms with Gasteiger partial charge in [0, 0.05) is 22.6 Å². The van der Waals surface area contributed by atoms with Crippen LogP contribution in [-0.2, 0) is 13.1 Å². The molecule has 168 valence electrons. The lowest BCUT2D eigenvalue weighted by Gasteiger charge is -2.09. The molecule has 1 aliphatic rings. The molecule has 4 aromatic rings. The first-order valence-corrected chi connectivity index (χ1v) is 12.1. The number of rotatable bonds is 4. The first-order chi connectivity index (χ1) is 16.6. The van der Waals surface area contributed by atoms with Gasteiger partial charge in [0.1, 0.15) is 23.6 Å². The SMILES string of the molecule is C#CCCC[n+]1c[nH]cc1C#Cc1sc2c(c1C)C(c1ccc(Cl)cc1)=NCc1nnc(C)n1-2. The van der Waals surface area contributed by atoms with Crippen LogP contribution in [0.5, 0.6) is 0 Å². The molecule has 1 aromatic carbocycles. The molecule has 6 nitrogen and oxygen atoms in total. The van der Waals surface area contributed by atoms with Gasteiger partial charge in [0.2, 0.25) is 12.0 Å². The third-order valence-corrected chi connectivity index (χ3v) is 7.18. The summed E-state index contributed by atoms with van der Waals surface area (Å²) in [5, 5.41) is 10.4. The molecule has 34 heavy (non-hydrogen) atoms. The van der Waals surface area contributed by atoms with Gasteiger partial charge in [0.05, 0.1) is 17.1 Å². The molecule has 4 heterocycles. The minimum absolute atomic E-state index is 0.460. The number of nitrogens with one attached hydrogen (secondary N) is 1. The molecule has 1 N–H and O–H groups in total. The minimum Gasteiger partial charge on any atom is -0.276 e. The predicted molar refractivity (Wildman–Crippen MR) is 135 cm³/mol. The number of fused-ring (bicyclic) bond motifs is 3. The number of nitrogens with zero attached hydrogens (tertiary/aromatic N) is 5. The van der Waals surface area contributed by atoms with Crippen molar-refractivity contribution in [3.05, 3.63) is 80.7 Å². The van der Waals surface area contributed by atoms with Gasteiger partial charge in [-0.25, -0.2) is 9.55 Å². The van der Waals surface area contributed by atoms with Gasteiger partial charge in [-0.3, -0.25) is 9.56 Å². The van der Waals surface area contributed by atoms with Crippen molar-refractivity contribution in [1.29, 1.82) is 0 Å². The number of hydrogen-bond donors (Lipinski definition) is 1. The summed E-state index contributed by atoms with van der Waals surface area (Å²) in [4.78, 5) is 9.08. The van der Waals surface area contributed by atoms with Crippen LogP contribution in [0.15, 0.2) is 41.8 Å². The van der Waals surface area contributed by atoms with Crippen LogP contribution in [-0.4, -0.2) is 25.5 Å². The van der Waals surface area contributed by atoms with Crippen LogP contribution >= 0.6 is 22.9 Å². The van der Waals surface area contributed by atoms with Gasteiger partial charge in [-0.15, -0.1) is 33.9 Å². The highest BCUT2D eigenvalue weighted by Gasteiger charge is 2.27. The second kappa shape index (κ2) is 9.30. The first-order valence-electron chi connectivity index (χ1n) is 10.9. The van der Waals surface area contributed by atoms with E-state index in [9.17, 15) is 0 Å². The Balaban J connectivity index is 1.61. The van der Waals surface area contributed by atoms with Crippen LogP contribution in [0.1, 0.15) is 51.8 Å². The Hall–Kier alpha value is -3.65. The lowest BCUT2D eigenvalue weighted by Crippen LogP contribution is -2.34. The highest BCUT2D eigenvalue weighted by molar-refractivity contribution is 7.15. The highest BCUT2D eigenvalue weighted by Crippen LogP contribution is 2.36. The van der Waals surface area contributed by atoms with E-state index >= 15 is 0 Å². The Morgan fingerprint density at radius 3 is 2.82 bits per heavy atom. The molecule has 0 fully saturated rings. The summed E-state index contributed by atoms with van der Waals surface area (Å²) in [5.74, 6) is 11.1. The Morgan fingerprint density at radius 1 is 1.21 bits per heavy atom. The topological polar surface area (TPSA) is 62.7 Å². The summed E-state index contributed by atoms with van der Waals surface area (Å²) in [6.07, 6.45) is 10.9. The summed E-state index contributed by atoms with van der Waals surface area (Å²) in [6, 6.07) is 7.79. The molecule has 0 saturated carbocycles. The maximum Gasteiger partial charge on any atom is 0.242 e. The quantitative estimate of drug-likeness (QED) is 0.265. The van der Waals surface area contributed by atoms with Crippen molar-refractivity contribution in [1.82, 2.24) is 19.7 Å². The Labute approximate surface area is 207 Å². The van der Waals surface area contributed by atoms with Crippen molar-refractivity contribution in [2.75, 3.05) is 0 Å². The molecule has 0 aliphatic carbocycles. The number of thiophene rings is 1. The largest absolute Gasteiger partial charge is 0.276 e. The molecule has 0 saturated heterocycles. The second-order valence-corrected chi connectivity index (χ2v) is 9.42. The average Bonchev–Trinajstić information content (AvgIpc) is 3.49. The molecule has 0 amide bonds. The van der Waals surface area contributed by atoms with Crippen molar-refractivity contribution >= 4 is 28.6 Å². The molecular weight excluding hydrogens is 464 g/mol. The van der Waals surface area contributed by atoms with Crippen LogP contribution in [0.3, 0.4) is 0 Å². The molecule has 1 aliphatic heterocycles. The number of aromatic nitrogens is 5. The van der Waals surface area contributed by atoms with E-state index in [-0.39, 0.29) is 0 Å². The van der Waals surface area contributed by atoms with Gasteiger partial charge in [0.15, 0.2) is 5.82 Å². The van der Waals surface area contributed by atoms with Crippen LogP contribution in [0.4, 0.5) is 0 Å². The molecule has 5 rings (SSSR count). The summed E-state index contributed by atoms with van der Waals surface area (Å²) in [7, 11) is 0. The van der Waals surface area contributed by atoms with Gasteiger partial charge >= 0.3 is 0 Å². The number of terminal acetylenes is 1. The van der Waals surface area contributed by atoms with E-state index < -0.39 is 0 Å². The van der Waals surface area contributed by atoms with Crippen molar-refractivity contribution in [3.8, 4) is 29.2 Å². The van der Waals surface area contributed by atoms with E-state index in [0.717, 1.165) is 69.0 Å². The number of H-pyrrole nitrogens is 1. The maximum atomic E-state index is 6.14. The lowest BCUT2D eigenvalue weighted by molar-refractivity contribution is -0.698. The van der Waals surface area contributed by atoms with E-state index in [1.807, 2.05) is 43.7 Å². The third-order valence-electron chi connectivity index (χ3n) is 5.74. The van der Waals surface area contributed by atoms with Gasteiger partial charge in [0.25, 0.3) is 0 Å². The number of halogens is 1. The molecule has 0 atom stereocenters. The number of imidazole rings is 1. The Bertz CT molecular complexity index is 1500. The van der Waals surface area contributed by atoms with Gasteiger partial charge in [-0.05, 0) is 49.8 Å². The summed E-state index contributed by atoms with van der Waals surface area (Å²) in [6.45, 7) is 5.36. The smallest absolute Gasteiger partial charge is 0.242 e. The third kappa shape index (κ3) is 4.05. The fraction of sp³-hybridized carbons (Fsp3) is 0.231. The van der Waals surface area contributed by atoms with Crippen LogP contribution in [0.2, 0.25) is 5.02 Å². The molecular formula is C26H22ClN6S+. The highest BCUT2D eigenvalue weighted by atomic mass is 35.5. The predicted octanol–water partition coefficient (Wildman–Crippen LogP) is 4.38. The number of unbranched alkanes of at least 4 members (excludes halogenated alkanes) is 1. The molecule has 8 heteroatoms. The molecule has 0 unspecified atom stereocenters. The van der Waals surface area contributed by atoms with Crippen LogP contribution in [0.25, 0.3) is 5.00 Å². The molecule has 0 bridgehead atoms. The fourth-order valence-corrected chi connectivity index (χ4v) is 5.38. The molecule has 0 spiro atoms. The average molecular weight is 486 g/mol. The normalized spacial score (nSPS) is 12.1. The van der Waals surface area contributed by atoms with E-state index in [1.165, 1.54) is 0 Å². The Kier molecular flexibility index (Phi) is 6.06. The fourth-order valence-electron chi connectivity index (χ4n) is 4.02. The van der Waals surface area contributed by atoms with E-state index in [2.05, 4.69) is 49.0 Å². The number of aryl methyl sites for hydroxylation is 2. The van der Waals surface area contributed by atoms with Crippen molar-refractivity contribution < 1.29 is 4.57 Å². The van der Waals surface area contributed by atoms with Crippen LogP contribution < -0.4 is 4.57 Å². The van der Waals surface area contributed by atoms with Gasteiger partial charge < -0.3 is 0 Å². The minimum atomic E-state index is 0.460. The number of aliphatic imine (C=N–C) groups is 1. The molecule has 0 radical (unpaired) electrons. The van der Waals surface area contributed by atoms with E-state index in [1.54, 1.807) is 11.3 Å². The summed E-state index contributed by atoms with van der Waals surface area (Å²) < 4.78 is 4.20. The zero-order chi connectivity index (χ0) is 23.7. The first kappa shape index (κ1) is 22.2. The van der Waals surface area contributed by atoms with Crippen LogP contribution in [0, 0.1) is 38.0 Å². The van der Waals surface area contributed by atoms with Crippen molar-refractivity contribution in [2.45, 2.75) is 39.8 Å². The van der Waals surface area contributed by atoms with E-state index in [0.29, 0.717) is 11.6 Å². The monoisotopic (exact) mass is 485 g/mol. The maximum absolute atomic E-state index is 6.14. The molecule has 3 aromatic heterocycles. The summed E-state index contributed by atoms with van der Waals surface area (Å²) >= 11 is 7.79. The standard InChI is InChI=1S/C26H21ClN6S/c1-4-5-6-13-32-16-28-14-21(32)11-12-22-17(2)24-25(19-7-9-20(27)10-8-19)29-15-23-31-30-18(3)33(23)26(24)34-22/h1,7-10,14,16H,5-6,13,15H2,2-3H3/p+1. The van der Waals surface area contributed by atoms with Gasteiger partial charge in [-0.1, -0.05) is 23.7 Å². The number of benzene rings is 1. The zero-order valence-corrected chi connectivity index (χ0v) is 20.5. The number of aromatic amines is 1. The van der Waals surface area contributed by atoms with E-state index in [4.69, 9.17) is 23.0 Å². The lowest BCUT2D eigenvalue weighted by atomic mass is 10.00. The van der Waals surface area contributed by atoms with Gasteiger partial charge in [-0.2, -0.15) is 0 Å². The van der Waals surface area contributed by atoms with Crippen molar-refractivity contribution in [2.24, 2.45) is 4.99 Å². The zero-order valence-electron chi connectivity index (χ0n) is 18.9. The second-order valence-electron chi connectivity index (χ2n) is 7.98. The number of hydrogen-bond acceptors (Lipinski definition) is 4. The Morgan fingerprint density at radius 2 is 2.03 bits per heavy atom. The summed E-state index contributed by atoms with van der Waals surface area (Å²) in [5.41, 5.74) is 5.02.